The largest absolute Gasteiger partial charge is 0.396 e. The molecule has 6 heteroatoms. The highest BCUT2D eigenvalue weighted by atomic mass is 35.5. The van der Waals surface area contributed by atoms with E-state index in [1.54, 1.807) is 30.5 Å². The molecule has 0 aliphatic heterocycles. The van der Waals surface area contributed by atoms with Crippen LogP contribution in [0.1, 0.15) is 0 Å². The van der Waals surface area contributed by atoms with E-state index in [1.165, 1.54) is 10.9 Å². The van der Waals surface area contributed by atoms with Gasteiger partial charge >= 0.3 is 0 Å². The van der Waals surface area contributed by atoms with Crippen LogP contribution in [-0.4, -0.2) is 15.7 Å². The molecule has 0 spiro atoms. The van der Waals surface area contributed by atoms with Crippen LogP contribution in [0, 0.1) is 0 Å². The average molecular weight is 251 g/mol. The van der Waals surface area contributed by atoms with Gasteiger partial charge in [-0.05, 0) is 18.2 Å². The molecule has 1 amide bonds. The van der Waals surface area contributed by atoms with Crippen LogP contribution in [-0.2, 0) is 11.3 Å². The third kappa shape index (κ3) is 3.22. The Morgan fingerprint density at radius 2 is 2.35 bits per heavy atom. The summed E-state index contributed by atoms with van der Waals surface area (Å²) in [6.45, 7) is 0.115. The van der Waals surface area contributed by atoms with Crippen molar-refractivity contribution < 1.29 is 4.79 Å². The normalized spacial score (nSPS) is 10.2. The molecule has 1 heterocycles. The first-order chi connectivity index (χ1) is 8.13. The lowest BCUT2D eigenvalue weighted by Crippen LogP contribution is -2.18. The van der Waals surface area contributed by atoms with Gasteiger partial charge in [-0.25, -0.2) is 0 Å². The summed E-state index contributed by atoms with van der Waals surface area (Å²) in [6, 6.07) is 6.95. The number of nitrogens with one attached hydrogen (secondary N) is 1. The maximum absolute atomic E-state index is 11.6. The summed E-state index contributed by atoms with van der Waals surface area (Å²) < 4.78 is 1.47. The Hall–Kier alpha value is -2.01. The van der Waals surface area contributed by atoms with Crippen LogP contribution < -0.4 is 11.1 Å². The third-order valence-corrected chi connectivity index (χ3v) is 2.30. The molecule has 0 radical (unpaired) electrons. The number of carbonyl (C=O) groups excluding carboxylic acids is 1. The van der Waals surface area contributed by atoms with Crippen molar-refractivity contribution in [1.82, 2.24) is 9.78 Å². The molecule has 17 heavy (non-hydrogen) atoms. The van der Waals surface area contributed by atoms with Crippen molar-refractivity contribution in [3.63, 3.8) is 0 Å². The Morgan fingerprint density at radius 1 is 1.53 bits per heavy atom. The SMILES string of the molecule is Nc1cnn(CC(=O)Nc2cccc(Cl)c2)c1. The number of rotatable bonds is 3. The fraction of sp³-hybridized carbons (Fsp3) is 0.0909. The molecule has 1 aromatic carbocycles. The number of nitrogen functional groups attached to an aromatic ring is 1. The first-order valence-electron chi connectivity index (χ1n) is 4.97. The van der Waals surface area contributed by atoms with Crippen LogP contribution in [0.4, 0.5) is 11.4 Å². The molecule has 0 bridgehead atoms. The number of anilines is 2. The van der Waals surface area contributed by atoms with Gasteiger partial charge in [-0.3, -0.25) is 9.48 Å². The Bertz CT molecular complexity index is 538. The van der Waals surface area contributed by atoms with E-state index in [2.05, 4.69) is 10.4 Å². The highest BCUT2D eigenvalue weighted by Gasteiger charge is 2.04. The second-order valence-electron chi connectivity index (χ2n) is 3.53. The quantitative estimate of drug-likeness (QED) is 0.872. The standard InChI is InChI=1S/C11H11ClN4O/c12-8-2-1-3-10(4-8)15-11(17)7-16-6-9(13)5-14-16/h1-6H,7,13H2,(H,15,17). The van der Waals surface area contributed by atoms with E-state index in [9.17, 15) is 4.79 Å². The Balaban J connectivity index is 1.98. The number of aromatic nitrogens is 2. The number of nitrogens with zero attached hydrogens (tertiary/aromatic N) is 2. The van der Waals surface area contributed by atoms with Crippen molar-refractivity contribution in [2.24, 2.45) is 0 Å². The minimum absolute atomic E-state index is 0.115. The predicted octanol–water partition coefficient (Wildman–Crippen LogP) is 1.76. The van der Waals surface area contributed by atoms with E-state index in [4.69, 9.17) is 17.3 Å². The van der Waals surface area contributed by atoms with Gasteiger partial charge < -0.3 is 11.1 Å². The molecule has 5 nitrogen and oxygen atoms in total. The number of halogens is 1. The molecule has 0 saturated carbocycles. The number of carbonyl (C=O) groups is 1. The second kappa shape index (κ2) is 4.88. The summed E-state index contributed by atoms with van der Waals surface area (Å²) in [7, 11) is 0. The zero-order chi connectivity index (χ0) is 12.3. The average Bonchev–Trinajstić information content (AvgIpc) is 2.63. The fourth-order valence-corrected chi connectivity index (χ4v) is 1.57. The molecule has 0 atom stereocenters. The minimum atomic E-state index is -0.185. The zero-order valence-corrected chi connectivity index (χ0v) is 9.69. The number of benzene rings is 1. The molecule has 0 aliphatic rings. The molecule has 0 saturated heterocycles. The van der Waals surface area contributed by atoms with E-state index in [1.807, 2.05) is 0 Å². The van der Waals surface area contributed by atoms with Crippen LogP contribution in [0.2, 0.25) is 5.02 Å². The molecule has 0 aliphatic carbocycles. The monoisotopic (exact) mass is 250 g/mol. The van der Waals surface area contributed by atoms with Crippen LogP contribution >= 0.6 is 11.6 Å². The van der Waals surface area contributed by atoms with Crippen molar-refractivity contribution in [2.45, 2.75) is 6.54 Å². The van der Waals surface area contributed by atoms with Gasteiger partial charge in [0, 0.05) is 16.9 Å². The fourth-order valence-electron chi connectivity index (χ4n) is 1.38. The smallest absolute Gasteiger partial charge is 0.246 e. The molecule has 1 aromatic heterocycles. The van der Waals surface area contributed by atoms with Crippen LogP contribution in [0.15, 0.2) is 36.7 Å². The second-order valence-corrected chi connectivity index (χ2v) is 3.97. The Morgan fingerprint density at radius 3 is 3.00 bits per heavy atom. The zero-order valence-electron chi connectivity index (χ0n) is 8.93. The minimum Gasteiger partial charge on any atom is -0.396 e. The number of hydrogen-bond donors (Lipinski definition) is 2. The molecule has 2 rings (SSSR count). The van der Waals surface area contributed by atoms with Crippen molar-refractivity contribution in [3.8, 4) is 0 Å². The number of nitrogens with two attached hydrogens (primary N) is 1. The highest BCUT2D eigenvalue weighted by molar-refractivity contribution is 6.30. The number of hydrogen-bond acceptors (Lipinski definition) is 3. The molecule has 0 unspecified atom stereocenters. The third-order valence-electron chi connectivity index (χ3n) is 2.07. The lowest BCUT2D eigenvalue weighted by atomic mass is 10.3. The predicted molar refractivity (Wildman–Crippen MR) is 66.7 cm³/mol. The van der Waals surface area contributed by atoms with Gasteiger partial charge in [-0.1, -0.05) is 17.7 Å². The van der Waals surface area contributed by atoms with Crippen LogP contribution in [0.3, 0.4) is 0 Å². The van der Waals surface area contributed by atoms with Crippen LogP contribution in [0.25, 0.3) is 0 Å². The van der Waals surface area contributed by atoms with Crippen molar-refractivity contribution in [1.29, 1.82) is 0 Å². The van der Waals surface area contributed by atoms with Gasteiger partial charge in [-0.15, -0.1) is 0 Å². The van der Waals surface area contributed by atoms with E-state index in [-0.39, 0.29) is 12.5 Å². The first kappa shape index (κ1) is 11.5. The summed E-state index contributed by atoms with van der Waals surface area (Å²) in [5, 5.41) is 7.21. The van der Waals surface area contributed by atoms with E-state index in [0.29, 0.717) is 16.4 Å². The van der Waals surface area contributed by atoms with E-state index < -0.39 is 0 Å². The van der Waals surface area contributed by atoms with Gasteiger partial charge in [0.25, 0.3) is 0 Å². The molecule has 88 valence electrons. The maximum atomic E-state index is 11.6. The molecule has 3 N–H and O–H groups in total. The molecular weight excluding hydrogens is 240 g/mol. The Labute approximate surface area is 103 Å². The van der Waals surface area contributed by atoms with E-state index >= 15 is 0 Å². The lowest BCUT2D eigenvalue weighted by Gasteiger charge is -2.05. The van der Waals surface area contributed by atoms with Gasteiger partial charge in [0.05, 0.1) is 11.9 Å². The van der Waals surface area contributed by atoms with Crippen molar-refractivity contribution >= 4 is 28.9 Å². The maximum Gasteiger partial charge on any atom is 0.246 e. The summed E-state index contributed by atoms with van der Waals surface area (Å²) in [6.07, 6.45) is 3.09. The highest BCUT2D eigenvalue weighted by Crippen LogP contribution is 2.14. The molecule has 2 aromatic rings. The van der Waals surface area contributed by atoms with E-state index in [0.717, 1.165) is 0 Å². The molecule has 0 fully saturated rings. The summed E-state index contributed by atoms with van der Waals surface area (Å²) >= 11 is 5.81. The summed E-state index contributed by atoms with van der Waals surface area (Å²) in [4.78, 5) is 11.6. The van der Waals surface area contributed by atoms with Crippen molar-refractivity contribution in [3.05, 3.63) is 41.7 Å². The van der Waals surface area contributed by atoms with Crippen LogP contribution in [0.5, 0.6) is 0 Å². The Kier molecular flexibility index (Phi) is 3.30. The van der Waals surface area contributed by atoms with Gasteiger partial charge in [0.2, 0.25) is 5.91 Å². The summed E-state index contributed by atoms with van der Waals surface area (Å²) in [5.41, 5.74) is 6.68. The van der Waals surface area contributed by atoms with Crippen molar-refractivity contribution in [2.75, 3.05) is 11.1 Å². The lowest BCUT2D eigenvalue weighted by molar-refractivity contribution is -0.116. The van der Waals surface area contributed by atoms with Gasteiger partial charge in [0.15, 0.2) is 0 Å². The topological polar surface area (TPSA) is 72.9 Å². The van der Waals surface area contributed by atoms with Gasteiger partial charge in [-0.2, -0.15) is 5.10 Å². The first-order valence-corrected chi connectivity index (χ1v) is 5.34. The summed E-state index contributed by atoms with van der Waals surface area (Å²) in [5.74, 6) is -0.185. The van der Waals surface area contributed by atoms with Gasteiger partial charge in [0.1, 0.15) is 6.54 Å². The number of amides is 1. The molecular formula is C11H11ClN4O.